The van der Waals surface area contributed by atoms with Crippen molar-refractivity contribution in [2.24, 2.45) is 34.5 Å². The van der Waals surface area contributed by atoms with E-state index >= 15 is 0 Å². The third-order valence-electron chi connectivity index (χ3n) is 9.31. The Morgan fingerprint density at radius 2 is 1.96 bits per heavy atom. The Balaban J connectivity index is 1.52. The Morgan fingerprint density at radius 3 is 2.70 bits per heavy atom. The van der Waals surface area contributed by atoms with Crippen LogP contribution in [0.25, 0.3) is 0 Å². The van der Waals surface area contributed by atoms with Gasteiger partial charge in [-0.2, -0.15) is 0 Å². The predicted octanol–water partition coefficient (Wildman–Crippen LogP) is 4.19. The van der Waals surface area contributed by atoms with Gasteiger partial charge in [-0.05, 0) is 73.5 Å². The average Bonchev–Trinajstić information content (AvgIpc) is 3.22. The van der Waals surface area contributed by atoms with Gasteiger partial charge in [-0.15, -0.1) is 0 Å². The predicted molar refractivity (Wildman–Crippen MR) is 105 cm³/mol. The number of Topliss-reactive ketones (excluding diaryl/α,β-unsaturated/α-hetero) is 1. The highest BCUT2D eigenvalue weighted by molar-refractivity contribution is 5.82. The molecule has 0 aromatic rings. The van der Waals surface area contributed by atoms with Crippen LogP contribution in [-0.4, -0.2) is 28.2 Å². The number of allylic oxidation sites excluding steroid dienone is 1. The first kappa shape index (κ1) is 18.1. The quantitative estimate of drug-likeness (QED) is 0.681. The first-order chi connectivity index (χ1) is 12.8. The van der Waals surface area contributed by atoms with Crippen LogP contribution in [0, 0.1) is 34.5 Å². The number of ketones is 1. The zero-order valence-corrected chi connectivity index (χ0v) is 16.8. The first-order valence-electron chi connectivity index (χ1n) is 11.1. The molecule has 27 heavy (non-hydrogen) atoms. The smallest absolute Gasteiger partial charge is 0.133 e. The van der Waals surface area contributed by atoms with Gasteiger partial charge in [0.2, 0.25) is 0 Å². The fourth-order valence-electron chi connectivity index (χ4n) is 7.90. The van der Waals surface area contributed by atoms with Crippen LogP contribution in [0.15, 0.2) is 23.3 Å². The zero-order valence-electron chi connectivity index (χ0n) is 16.8. The molecular formula is C24H34O3. The first-order valence-corrected chi connectivity index (χ1v) is 11.1. The highest BCUT2D eigenvalue weighted by atomic mass is 16.3. The van der Waals surface area contributed by atoms with E-state index in [1.807, 2.05) is 0 Å². The van der Waals surface area contributed by atoms with Gasteiger partial charge in [0, 0.05) is 18.8 Å². The van der Waals surface area contributed by atoms with Crippen molar-refractivity contribution < 1.29 is 15.0 Å². The van der Waals surface area contributed by atoms with Crippen molar-refractivity contribution in [3.63, 3.8) is 0 Å². The molecule has 3 fully saturated rings. The largest absolute Gasteiger partial charge is 0.392 e. The third kappa shape index (κ3) is 2.57. The summed E-state index contributed by atoms with van der Waals surface area (Å²) in [5.41, 5.74) is 2.90. The Morgan fingerprint density at radius 1 is 1.15 bits per heavy atom. The van der Waals surface area contributed by atoms with Gasteiger partial charge in [-0.1, -0.05) is 37.1 Å². The second kappa shape index (κ2) is 6.03. The van der Waals surface area contributed by atoms with Gasteiger partial charge >= 0.3 is 0 Å². The molecule has 8 atom stereocenters. The Hall–Kier alpha value is -0.930. The summed E-state index contributed by atoms with van der Waals surface area (Å²) < 4.78 is 0. The van der Waals surface area contributed by atoms with Gasteiger partial charge in [-0.3, -0.25) is 4.79 Å². The van der Waals surface area contributed by atoms with Crippen LogP contribution in [0.2, 0.25) is 0 Å². The SMILES string of the molecule is C[C@]12CC[C@@H]3[C@@H](C(O)C=C4CC(O)C(C5=CCCC5)C[C@@]43C)[C@@H]1CC(=O)C2. The van der Waals surface area contributed by atoms with E-state index in [1.54, 1.807) is 0 Å². The molecule has 3 nitrogen and oxygen atoms in total. The summed E-state index contributed by atoms with van der Waals surface area (Å²) in [7, 11) is 0. The minimum atomic E-state index is -0.456. The molecule has 0 bridgehead atoms. The lowest BCUT2D eigenvalue weighted by molar-refractivity contribution is -0.118. The van der Waals surface area contributed by atoms with Crippen LogP contribution < -0.4 is 0 Å². The normalized spacial score (nSPS) is 51.9. The standard InChI is InChI=1S/C24H34O3/c1-23-8-7-18-22(19(23)11-16(25)12-23)21(27)10-15-9-20(26)17(13-24(15,18)2)14-5-3-4-6-14/h5,10,17-22,26-27H,3-4,6-9,11-13H2,1-2H3/t17?,18-,19+,20?,21?,22-,23-,24+/m1/s1. The topological polar surface area (TPSA) is 57.5 Å². The number of hydrogen-bond acceptors (Lipinski definition) is 3. The summed E-state index contributed by atoms with van der Waals surface area (Å²) in [6.45, 7) is 4.68. The van der Waals surface area contributed by atoms with Gasteiger partial charge in [0.1, 0.15) is 5.78 Å². The van der Waals surface area contributed by atoms with Crippen LogP contribution in [0.5, 0.6) is 0 Å². The summed E-state index contributed by atoms with van der Waals surface area (Å²) in [6, 6.07) is 0. The molecular weight excluding hydrogens is 336 g/mol. The van der Waals surface area contributed by atoms with E-state index in [0.29, 0.717) is 36.9 Å². The number of hydrogen-bond donors (Lipinski definition) is 2. The number of rotatable bonds is 1. The van der Waals surface area contributed by atoms with Crippen LogP contribution in [0.4, 0.5) is 0 Å². The summed E-state index contributed by atoms with van der Waals surface area (Å²) in [6.07, 6.45) is 12.5. The Labute approximate surface area is 162 Å². The molecule has 3 heteroatoms. The molecule has 5 rings (SSSR count). The van der Waals surface area contributed by atoms with Crippen LogP contribution >= 0.6 is 0 Å². The summed E-state index contributed by atoms with van der Waals surface area (Å²) in [4.78, 5) is 12.3. The van der Waals surface area contributed by atoms with Crippen molar-refractivity contribution in [1.82, 2.24) is 0 Å². The van der Waals surface area contributed by atoms with Gasteiger partial charge < -0.3 is 10.2 Å². The van der Waals surface area contributed by atoms with Gasteiger partial charge in [0.25, 0.3) is 0 Å². The highest BCUT2D eigenvalue weighted by Gasteiger charge is 2.60. The second-order valence-electron chi connectivity index (χ2n) is 10.8. The van der Waals surface area contributed by atoms with Crippen molar-refractivity contribution >= 4 is 5.78 Å². The molecule has 5 aliphatic rings. The van der Waals surface area contributed by atoms with Gasteiger partial charge in [-0.25, -0.2) is 0 Å². The zero-order chi connectivity index (χ0) is 19.0. The van der Waals surface area contributed by atoms with E-state index in [2.05, 4.69) is 26.0 Å². The van der Waals surface area contributed by atoms with E-state index in [9.17, 15) is 15.0 Å². The van der Waals surface area contributed by atoms with E-state index in [1.165, 1.54) is 17.6 Å². The molecule has 0 radical (unpaired) electrons. The summed E-state index contributed by atoms with van der Waals surface area (Å²) >= 11 is 0. The Kier molecular flexibility index (Phi) is 4.05. The van der Waals surface area contributed by atoms with E-state index in [4.69, 9.17) is 0 Å². The monoisotopic (exact) mass is 370 g/mol. The molecule has 0 spiro atoms. The lowest BCUT2D eigenvalue weighted by atomic mass is 9.46. The fraction of sp³-hybridized carbons (Fsp3) is 0.792. The number of fused-ring (bicyclic) bond motifs is 5. The molecule has 0 heterocycles. The van der Waals surface area contributed by atoms with Crippen molar-refractivity contribution in [3.8, 4) is 0 Å². The maximum absolute atomic E-state index is 12.3. The molecule has 2 N–H and O–H groups in total. The van der Waals surface area contributed by atoms with E-state index < -0.39 is 6.10 Å². The Bertz CT molecular complexity index is 721. The maximum Gasteiger partial charge on any atom is 0.133 e. The summed E-state index contributed by atoms with van der Waals surface area (Å²) in [5.74, 6) is 1.64. The second-order valence-corrected chi connectivity index (χ2v) is 10.8. The van der Waals surface area contributed by atoms with E-state index in [-0.39, 0.29) is 28.8 Å². The molecule has 0 amide bonds. The summed E-state index contributed by atoms with van der Waals surface area (Å²) in [5, 5.41) is 22.0. The third-order valence-corrected chi connectivity index (χ3v) is 9.31. The number of aliphatic hydroxyl groups excluding tert-OH is 2. The molecule has 0 aromatic heterocycles. The number of carbonyl (C=O) groups excluding carboxylic acids is 1. The van der Waals surface area contributed by atoms with Gasteiger partial charge in [0.05, 0.1) is 12.2 Å². The highest BCUT2D eigenvalue weighted by Crippen LogP contribution is 2.65. The average molecular weight is 371 g/mol. The van der Waals surface area contributed by atoms with Gasteiger partial charge in [0.15, 0.2) is 0 Å². The number of aliphatic hydroxyl groups is 2. The lowest BCUT2D eigenvalue weighted by Gasteiger charge is -2.59. The molecule has 0 aromatic carbocycles. The lowest BCUT2D eigenvalue weighted by Crippen LogP contribution is -2.55. The van der Waals surface area contributed by atoms with Crippen LogP contribution in [0.1, 0.15) is 71.6 Å². The molecule has 148 valence electrons. The van der Waals surface area contributed by atoms with E-state index in [0.717, 1.165) is 32.1 Å². The fourth-order valence-corrected chi connectivity index (χ4v) is 7.90. The van der Waals surface area contributed by atoms with Crippen molar-refractivity contribution in [2.75, 3.05) is 0 Å². The number of carbonyl (C=O) groups is 1. The molecule has 3 saturated carbocycles. The molecule has 0 aliphatic heterocycles. The van der Waals surface area contributed by atoms with Crippen molar-refractivity contribution in [1.29, 1.82) is 0 Å². The molecule has 0 saturated heterocycles. The van der Waals surface area contributed by atoms with Crippen LogP contribution in [0.3, 0.4) is 0 Å². The molecule has 5 aliphatic carbocycles. The van der Waals surface area contributed by atoms with Crippen LogP contribution in [-0.2, 0) is 4.79 Å². The maximum atomic E-state index is 12.3. The minimum Gasteiger partial charge on any atom is -0.392 e. The minimum absolute atomic E-state index is 0.0597. The molecule has 3 unspecified atom stereocenters. The van der Waals surface area contributed by atoms with Crippen molar-refractivity contribution in [2.45, 2.75) is 83.8 Å². The van der Waals surface area contributed by atoms with Crippen molar-refractivity contribution in [3.05, 3.63) is 23.3 Å².